The van der Waals surface area contributed by atoms with Crippen LogP contribution < -0.4 is 4.74 Å². The Morgan fingerprint density at radius 1 is 1.03 bits per heavy atom. The summed E-state index contributed by atoms with van der Waals surface area (Å²) in [7, 11) is 0. The summed E-state index contributed by atoms with van der Waals surface area (Å²) in [6, 6.07) is 16.9. The fraction of sp³-hybridized carbons (Fsp3) is 0.400. The molecule has 2 heterocycles. The zero-order chi connectivity index (χ0) is 20.4. The molecule has 4 heteroatoms. The summed E-state index contributed by atoms with van der Waals surface area (Å²) < 4.78 is 6.13. The highest BCUT2D eigenvalue weighted by Crippen LogP contribution is 2.41. The van der Waals surface area contributed by atoms with Gasteiger partial charge in [-0.1, -0.05) is 48.0 Å². The fourth-order valence-electron chi connectivity index (χ4n) is 4.57. The first-order valence-corrected chi connectivity index (χ1v) is 10.4. The van der Waals surface area contributed by atoms with Crippen LogP contribution >= 0.6 is 0 Å². The van der Waals surface area contributed by atoms with Crippen LogP contribution in [0.15, 0.2) is 54.1 Å². The molecule has 1 saturated heterocycles. The number of carboxylic acids is 1. The summed E-state index contributed by atoms with van der Waals surface area (Å²) >= 11 is 0. The Balaban J connectivity index is 1.66. The molecule has 2 aromatic rings. The van der Waals surface area contributed by atoms with Gasteiger partial charge in [0.25, 0.3) is 0 Å². The van der Waals surface area contributed by atoms with E-state index in [1.807, 2.05) is 6.07 Å². The predicted octanol–water partition coefficient (Wildman–Crippen LogP) is 5.12. The number of aliphatic carboxylic acids is 1. The molecule has 0 unspecified atom stereocenters. The molecule has 0 saturated carbocycles. The van der Waals surface area contributed by atoms with Crippen LogP contribution in [0.5, 0.6) is 5.75 Å². The van der Waals surface area contributed by atoms with Gasteiger partial charge in [0.2, 0.25) is 0 Å². The summed E-state index contributed by atoms with van der Waals surface area (Å²) in [6.07, 6.45) is 2.88. The smallest absolute Gasteiger partial charge is 0.303 e. The molecule has 1 N–H and O–H groups in total. The Bertz CT molecular complexity index is 885. The van der Waals surface area contributed by atoms with Crippen LogP contribution in [0.4, 0.5) is 0 Å². The van der Waals surface area contributed by atoms with Crippen molar-refractivity contribution < 1.29 is 14.6 Å². The number of piperidine rings is 1. The van der Waals surface area contributed by atoms with E-state index in [9.17, 15) is 4.79 Å². The first-order chi connectivity index (χ1) is 14.0. The molecular formula is C25H29NO3. The van der Waals surface area contributed by atoms with Gasteiger partial charge in [0.1, 0.15) is 12.4 Å². The van der Waals surface area contributed by atoms with Crippen LogP contribution in [0.3, 0.4) is 0 Å². The van der Waals surface area contributed by atoms with Gasteiger partial charge in [-0.2, -0.15) is 0 Å². The molecule has 0 aliphatic carbocycles. The number of carboxylic acid groups (broad SMARTS) is 1. The molecule has 0 radical (unpaired) electrons. The van der Waals surface area contributed by atoms with Crippen molar-refractivity contribution in [1.82, 2.24) is 4.90 Å². The quantitative estimate of drug-likeness (QED) is 0.786. The molecule has 2 aromatic carbocycles. The van der Waals surface area contributed by atoms with Crippen molar-refractivity contribution in [2.24, 2.45) is 0 Å². The molecule has 4 rings (SSSR count). The SMILES string of the molecule is CC(C)(CCC(=O)O)N1CCC(=C2c3ccccc3COc3ccccc32)CC1. The van der Waals surface area contributed by atoms with Crippen molar-refractivity contribution in [2.45, 2.75) is 51.7 Å². The van der Waals surface area contributed by atoms with Gasteiger partial charge in [-0.3, -0.25) is 9.69 Å². The van der Waals surface area contributed by atoms with Gasteiger partial charge in [0.05, 0.1) is 0 Å². The minimum Gasteiger partial charge on any atom is -0.488 e. The van der Waals surface area contributed by atoms with Gasteiger partial charge in [0.15, 0.2) is 0 Å². The van der Waals surface area contributed by atoms with Crippen LogP contribution in [-0.4, -0.2) is 34.6 Å². The first-order valence-electron chi connectivity index (χ1n) is 10.4. The predicted molar refractivity (Wildman–Crippen MR) is 115 cm³/mol. The first kappa shape index (κ1) is 19.7. The van der Waals surface area contributed by atoms with E-state index in [0.717, 1.165) is 31.7 Å². The molecule has 2 aliphatic heterocycles. The lowest BCUT2D eigenvalue weighted by Crippen LogP contribution is -2.47. The number of hydrogen-bond acceptors (Lipinski definition) is 3. The average Bonchev–Trinajstić information content (AvgIpc) is 2.89. The van der Waals surface area contributed by atoms with Crippen LogP contribution in [0.1, 0.15) is 56.2 Å². The second-order valence-electron chi connectivity index (χ2n) is 8.61. The second-order valence-corrected chi connectivity index (χ2v) is 8.61. The minimum atomic E-state index is -0.718. The summed E-state index contributed by atoms with van der Waals surface area (Å²) in [5.74, 6) is 0.236. The third-order valence-electron chi connectivity index (χ3n) is 6.35. The van der Waals surface area contributed by atoms with E-state index < -0.39 is 5.97 Å². The van der Waals surface area contributed by atoms with Gasteiger partial charge in [-0.15, -0.1) is 0 Å². The Morgan fingerprint density at radius 3 is 2.41 bits per heavy atom. The maximum absolute atomic E-state index is 11.0. The van der Waals surface area contributed by atoms with Crippen LogP contribution in [0, 0.1) is 0 Å². The van der Waals surface area contributed by atoms with Gasteiger partial charge < -0.3 is 9.84 Å². The van der Waals surface area contributed by atoms with E-state index in [1.165, 1.54) is 27.8 Å². The van der Waals surface area contributed by atoms with E-state index in [2.05, 4.69) is 61.2 Å². The van der Waals surface area contributed by atoms with Crippen molar-refractivity contribution in [1.29, 1.82) is 0 Å². The molecule has 1 fully saturated rings. The van der Waals surface area contributed by atoms with E-state index in [4.69, 9.17) is 9.84 Å². The number of hydrogen-bond donors (Lipinski definition) is 1. The van der Waals surface area contributed by atoms with Crippen molar-refractivity contribution in [3.05, 3.63) is 70.8 Å². The number of likely N-dealkylation sites (tertiary alicyclic amines) is 1. The zero-order valence-electron chi connectivity index (χ0n) is 17.3. The summed E-state index contributed by atoms with van der Waals surface area (Å²) in [5.41, 5.74) is 6.40. The number of rotatable bonds is 4. The van der Waals surface area contributed by atoms with Crippen LogP contribution in [0.2, 0.25) is 0 Å². The Kier molecular flexibility index (Phi) is 5.46. The monoisotopic (exact) mass is 391 g/mol. The molecule has 0 bridgehead atoms. The number of carbonyl (C=O) groups is 1. The third-order valence-corrected chi connectivity index (χ3v) is 6.35. The average molecular weight is 392 g/mol. The van der Waals surface area contributed by atoms with Gasteiger partial charge >= 0.3 is 5.97 Å². The lowest BCUT2D eigenvalue weighted by atomic mass is 9.85. The summed E-state index contributed by atoms with van der Waals surface area (Å²) in [6.45, 7) is 6.84. The molecule has 0 spiro atoms. The number of para-hydroxylation sites is 1. The van der Waals surface area contributed by atoms with E-state index in [-0.39, 0.29) is 12.0 Å². The van der Waals surface area contributed by atoms with Crippen molar-refractivity contribution in [2.75, 3.05) is 13.1 Å². The summed E-state index contributed by atoms with van der Waals surface area (Å²) in [5, 5.41) is 9.06. The van der Waals surface area contributed by atoms with Crippen LogP contribution in [0.25, 0.3) is 5.57 Å². The lowest BCUT2D eigenvalue weighted by molar-refractivity contribution is -0.137. The van der Waals surface area contributed by atoms with Crippen molar-refractivity contribution in [3.63, 3.8) is 0 Å². The lowest BCUT2D eigenvalue weighted by Gasteiger charge is -2.42. The van der Waals surface area contributed by atoms with E-state index in [1.54, 1.807) is 0 Å². The topological polar surface area (TPSA) is 49.8 Å². The number of ether oxygens (including phenoxy) is 1. The largest absolute Gasteiger partial charge is 0.488 e. The number of benzene rings is 2. The van der Waals surface area contributed by atoms with Gasteiger partial charge in [-0.25, -0.2) is 0 Å². The molecule has 29 heavy (non-hydrogen) atoms. The van der Waals surface area contributed by atoms with Gasteiger partial charge in [-0.05, 0) is 55.9 Å². The van der Waals surface area contributed by atoms with Crippen molar-refractivity contribution >= 4 is 11.5 Å². The molecule has 0 aromatic heterocycles. The van der Waals surface area contributed by atoms with E-state index in [0.29, 0.717) is 13.0 Å². The number of nitrogens with zero attached hydrogens (tertiary/aromatic N) is 1. The molecular weight excluding hydrogens is 362 g/mol. The minimum absolute atomic E-state index is 0.100. The normalized spacial score (nSPS) is 17.2. The number of fused-ring (bicyclic) bond motifs is 2. The fourth-order valence-corrected chi connectivity index (χ4v) is 4.57. The zero-order valence-corrected chi connectivity index (χ0v) is 17.3. The van der Waals surface area contributed by atoms with Crippen LogP contribution in [-0.2, 0) is 11.4 Å². The van der Waals surface area contributed by atoms with Crippen molar-refractivity contribution in [3.8, 4) is 5.75 Å². The summed E-state index contributed by atoms with van der Waals surface area (Å²) in [4.78, 5) is 13.5. The van der Waals surface area contributed by atoms with E-state index >= 15 is 0 Å². The standard InChI is InChI=1S/C25H29NO3/c1-25(2,14-11-23(27)28)26-15-12-18(13-16-26)24-20-8-4-3-7-19(20)17-29-22-10-6-5-9-21(22)24/h3-10H,11-17H2,1-2H3,(H,27,28). The van der Waals surface area contributed by atoms with Gasteiger partial charge in [0, 0.05) is 30.6 Å². The Labute approximate surface area is 172 Å². The highest BCUT2D eigenvalue weighted by molar-refractivity contribution is 5.87. The Morgan fingerprint density at radius 2 is 1.69 bits per heavy atom. The highest BCUT2D eigenvalue weighted by Gasteiger charge is 2.31. The maximum Gasteiger partial charge on any atom is 0.303 e. The molecule has 0 amide bonds. The Hall–Kier alpha value is -2.59. The molecule has 0 atom stereocenters. The molecule has 4 nitrogen and oxygen atoms in total. The maximum atomic E-state index is 11.0. The third kappa shape index (κ3) is 4.08. The molecule has 152 valence electrons. The highest BCUT2D eigenvalue weighted by atomic mass is 16.5. The molecule has 2 aliphatic rings. The second kappa shape index (κ2) is 8.03.